The van der Waals surface area contributed by atoms with Crippen molar-refractivity contribution in [3.63, 3.8) is 0 Å². The van der Waals surface area contributed by atoms with Gasteiger partial charge in [-0.05, 0) is 213 Å². The number of halogens is 2. The molecule has 2 heteroatoms. The molecule has 8 fully saturated rings. The second-order valence-corrected chi connectivity index (χ2v) is 50.3. The largest absolute Gasteiger partial charge is 0.250 e. The Hall–Kier alpha value is -4.82. The summed E-state index contributed by atoms with van der Waals surface area (Å²) >= 11 is 0. The predicted molar refractivity (Wildman–Crippen MR) is 573 cm³/mol. The molecule has 0 radical (unpaired) electrons. The van der Waals surface area contributed by atoms with Crippen molar-refractivity contribution in [2.45, 2.75) is 512 Å². The van der Waals surface area contributed by atoms with Crippen molar-refractivity contribution in [3.8, 4) is 0 Å². The van der Waals surface area contributed by atoms with Gasteiger partial charge in [0.15, 0.2) is 0 Å². The van der Waals surface area contributed by atoms with E-state index in [1.807, 2.05) is 13.8 Å². The minimum atomic E-state index is -2.49. The molecular weight excluding hydrogens is 1580 g/mol. The predicted octanol–water partition coefficient (Wildman–Crippen LogP) is 42.2. The van der Waals surface area contributed by atoms with Crippen molar-refractivity contribution >= 4 is 0 Å². The van der Waals surface area contributed by atoms with Crippen molar-refractivity contribution in [3.05, 3.63) is 215 Å². The lowest BCUT2D eigenvalue weighted by Crippen LogP contribution is -2.43. The first-order chi connectivity index (χ1) is 62.0. The highest BCUT2D eigenvalue weighted by Gasteiger charge is 2.51. The van der Waals surface area contributed by atoms with Crippen LogP contribution in [0.15, 0.2) is 182 Å². The summed E-state index contributed by atoms with van der Waals surface area (Å²) in [5, 5.41) is 0. The van der Waals surface area contributed by atoms with Gasteiger partial charge in [-0.15, -0.1) is 0 Å². The molecule has 0 saturated heterocycles. The molecule has 0 nitrogen and oxygen atoms in total. The van der Waals surface area contributed by atoms with Crippen LogP contribution in [0.1, 0.15) is 528 Å². The molecule has 130 heavy (non-hydrogen) atoms. The van der Waals surface area contributed by atoms with Crippen LogP contribution >= 0.6 is 0 Å². The van der Waals surface area contributed by atoms with E-state index in [1.54, 1.807) is 6.92 Å². The summed E-state index contributed by atoms with van der Waals surface area (Å²) in [5.74, 6) is -2.49. The Morgan fingerprint density at radius 1 is 0.215 bits per heavy atom. The van der Waals surface area contributed by atoms with E-state index in [4.69, 9.17) is 4.11 Å². The third kappa shape index (κ3) is 28.9. The maximum absolute atomic E-state index is 13.0. The minimum absolute atomic E-state index is 0.00347. The zero-order valence-electron chi connectivity index (χ0n) is 93.7. The molecule has 0 N–H and O–H groups in total. The highest BCUT2D eigenvalue weighted by Crippen LogP contribution is 2.60. The second kappa shape index (κ2) is 49.5. The Bertz CT molecular complexity index is 3760. The van der Waals surface area contributed by atoms with E-state index in [1.165, 1.54) is 271 Å². The molecule has 734 valence electrons. The lowest BCUT2D eigenvalue weighted by atomic mass is 9.54. The fourth-order valence-corrected chi connectivity index (χ4v) is 25.0. The molecule has 0 unspecified atom stereocenters. The summed E-state index contributed by atoms with van der Waals surface area (Å²) in [5.41, 5.74) is 13.1. The van der Waals surface area contributed by atoms with Crippen LogP contribution in [0.2, 0.25) is 0 Å². The lowest BCUT2D eigenvalue weighted by Gasteiger charge is -2.50. The maximum Gasteiger partial charge on any atom is 0.250 e. The number of rotatable bonds is 15. The number of hydrogen-bond donors (Lipinski definition) is 0. The first kappa shape index (κ1) is 109. The van der Waals surface area contributed by atoms with E-state index >= 15 is 0 Å². The summed E-state index contributed by atoms with van der Waals surface area (Å²) in [4.78, 5) is 0. The normalized spacial score (nSPS) is 21.2. The molecule has 0 spiro atoms. The molecule has 0 amide bonds. The van der Waals surface area contributed by atoms with Gasteiger partial charge in [0.25, 0.3) is 5.92 Å². The SMILES string of the molecule is CC(C)(C)C(C)(c1ccccc1)c1ccccc1.CC(C)(C)C1(C)CCCCC1.CC(C)(C)C1(C)CCCCC1.CC(F)(F)C1(C)CCCCC1.CC1(C(C)(c2ccccc2)c2ccccc2)CCCCC1.CC1(C(C)(c2ccccc2)c2ccccc2)CCCCC1.CCC(C)(CC)C1(C)CCCCC1.CCC(C)(CC)C1(C)CCCCC1.[2H]C([2H])([2H])C(C)(C)C1(C)CCCCC1. The molecule has 8 saturated carbocycles. The molecule has 0 heterocycles. The Morgan fingerprint density at radius 3 is 0.523 bits per heavy atom. The monoisotopic (exact) mass is 1790 g/mol. The summed E-state index contributed by atoms with van der Waals surface area (Å²) in [7, 11) is 0. The van der Waals surface area contributed by atoms with E-state index < -0.39 is 23.6 Å². The molecule has 0 atom stereocenters. The first-order valence-corrected chi connectivity index (χ1v) is 54.2. The standard InChI is InChI=1S/2C21H26.C18H22.2C13H26.3C11H22.C9H16F2/c2*1-20(16-10-5-11-17-20)21(2,18-12-6-3-7-13-18)19-14-8-4-9-15-19;1-17(2,3)18(4,15-11-7-5-8-12-15)16-13-9-6-10-14-16;2*1-5-12(3,6-2)13(4)10-8-7-9-11-13;3*1-10(2,3)11(4)8-6-5-7-9-11;1-8(9(2,10)11)6-4-3-5-7-8/h2*3-4,6-9,12-15H,5,10-11,16-17H2,1-2H3;5-14H,1-4H3;2*5-11H2,1-4H3;3*5-9H2,1-4H3;3-7H2,1-2H3/i;;;;;1D3;;;. The quantitative estimate of drug-likeness (QED) is 0.0961. The molecule has 0 aromatic heterocycles. The van der Waals surface area contributed by atoms with Gasteiger partial charge in [-0.25, -0.2) is 8.78 Å². The van der Waals surface area contributed by atoms with Gasteiger partial charge in [0, 0.05) is 25.8 Å². The summed E-state index contributed by atoms with van der Waals surface area (Å²) < 4.78 is 48.9. The van der Waals surface area contributed by atoms with Crippen LogP contribution in [0, 0.1) is 75.8 Å². The third-order valence-corrected chi connectivity index (χ3v) is 39.9. The van der Waals surface area contributed by atoms with Gasteiger partial charge in [-0.2, -0.15) is 0 Å². The van der Waals surface area contributed by atoms with Gasteiger partial charge in [0.05, 0.1) is 0 Å². The van der Waals surface area contributed by atoms with Gasteiger partial charge in [0.1, 0.15) is 0 Å². The van der Waals surface area contributed by atoms with Gasteiger partial charge < -0.3 is 0 Å². The molecular formula is C128H208F2. The smallest absolute Gasteiger partial charge is 0.207 e. The van der Waals surface area contributed by atoms with Crippen LogP contribution in [0.25, 0.3) is 0 Å². The second-order valence-electron chi connectivity index (χ2n) is 50.3. The van der Waals surface area contributed by atoms with Crippen LogP contribution < -0.4 is 0 Å². The van der Waals surface area contributed by atoms with E-state index in [9.17, 15) is 8.78 Å². The molecule has 0 aliphatic heterocycles. The van der Waals surface area contributed by atoms with Crippen molar-refractivity contribution in [2.24, 2.45) is 75.8 Å². The summed E-state index contributed by atoms with van der Waals surface area (Å²) in [6.07, 6.45) is 58.4. The lowest BCUT2D eigenvalue weighted by molar-refractivity contribution is -0.114. The Balaban J connectivity index is 0.000000233. The molecule has 8 aliphatic carbocycles. The van der Waals surface area contributed by atoms with Gasteiger partial charge in [-0.3, -0.25) is 0 Å². The highest BCUT2D eigenvalue weighted by molar-refractivity contribution is 5.44. The molecule has 6 aromatic carbocycles. The first-order valence-electron chi connectivity index (χ1n) is 55.7. The van der Waals surface area contributed by atoms with E-state index in [2.05, 4.69) is 355 Å². The summed E-state index contributed by atoms with van der Waals surface area (Å²) in [6.45, 7) is 64.9. The zero-order chi connectivity index (χ0) is 99.3. The summed E-state index contributed by atoms with van der Waals surface area (Å²) in [6, 6.07) is 66.1. The van der Waals surface area contributed by atoms with Gasteiger partial charge in [0.2, 0.25) is 0 Å². The van der Waals surface area contributed by atoms with Crippen LogP contribution in [-0.2, 0) is 16.2 Å². The van der Waals surface area contributed by atoms with Crippen LogP contribution in [0.3, 0.4) is 0 Å². The number of benzene rings is 6. The Morgan fingerprint density at radius 2 is 0.377 bits per heavy atom. The molecule has 0 bridgehead atoms. The molecule has 8 aliphatic rings. The highest BCUT2D eigenvalue weighted by atomic mass is 19.3. The number of alkyl halides is 2. The van der Waals surface area contributed by atoms with Crippen LogP contribution in [0.5, 0.6) is 0 Å². The minimum Gasteiger partial charge on any atom is -0.207 e. The van der Waals surface area contributed by atoms with Crippen molar-refractivity contribution in [1.29, 1.82) is 0 Å². The van der Waals surface area contributed by atoms with E-state index in [0.717, 1.165) is 39.0 Å². The van der Waals surface area contributed by atoms with Gasteiger partial charge in [-0.1, -0.05) is 562 Å². The average Bonchev–Trinajstić information content (AvgIpc) is 0.737. The maximum atomic E-state index is 13.0. The van der Waals surface area contributed by atoms with Gasteiger partial charge >= 0.3 is 0 Å². The number of hydrogen-bond acceptors (Lipinski definition) is 0. The van der Waals surface area contributed by atoms with Crippen LogP contribution in [0.4, 0.5) is 8.78 Å². The fourth-order valence-electron chi connectivity index (χ4n) is 25.0. The zero-order valence-corrected chi connectivity index (χ0v) is 90.7. The van der Waals surface area contributed by atoms with E-state index in [-0.39, 0.29) is 27.1 Å². The fraction of sp³-hybridized carbons (Fsp3) is 0.719. The van der Waals surface area contributed by atoms with Crippen molar-refractivity contribution < 1.29 is 12.9 Å². The Kier molecular flexibility index (Phi) is 41.4. The van der Waals surface area contributed by atoms with E-state index in [0.29, 0.717) is 67.0 Å². The Labute approximate surface area is 811 Å². The van der Waals surface area contributed by atoms with Crippen molar-refractivity contribution in [1.82, 2.24) is 0 Å². The molecule has 14 rings (SSSR count). The van der Waals surface area contributed by atoms with Crippen molar-refractivity contribution in [2.75, 3.05) is 0 Å². The van der Waals surface area contributed by atoms with Crippen LogP contribution in [-0.4, -0.2) is 5.92 Å². The average molecular weight is 1790 g/mol. The topological polar surface area (TPSA) is 0 Å². The third-order valence-electron chi connectivity index (χ3n) is 39.9. The molecule has 6 aromatic rings.